The number of hydrogen-bond acceptors (Lipinski definition) is 6. The van der Waals surface area contributed by atoms with Crippen LogP contribution >= 0.6 is 11.6 Å². The zero-order valence-electron chi connectivity index (χ0n) is 19.7. The molecule has 0 saturated carbocycles. The van der Waals surface area contributed by atoms with Crippen molar-refractivity contribution in [3.63, 3.8) is 0 Å². The first-order valence-corrected chi connectivity index (χ1v) is 11.7. The van der Waals surface area contributed by atoms with Crippen LogP contribution in [0.5, 0.6) is 11.5 Å². The van der Waals surface area contributed by atoms with Crippen molar-refractivity contribution in [2.75, 3.05) is 11.9 Å². The predicted octanol–water partition coefficient (Wildman–Crippen LogP) is 5.20. The number of anilines is 1. The molecule has 0 fully saturated rings. The Balaban J connectivity index is 1.49. The van der Waals surface area contributed by atoms with Crippen molar-refractivity contribution in [3.05, 3.63) is 101 Å². The highest BCUT2D eigenvalue weighted by Gasteiger charge is 2.15. The number of nitrogens with zero attached hydrogens (tertiary/aromatic N) is 1. The van der Waals surface area contributed by atoms with Crippen LogP contribution in [0.1, 0.15) is 22.8 Å². The SMILES string of the molecule is CCOc1ccc(NC(=O)C(=O)N/N=C/c2c(OC(=O)c3ccc(Cl)cc3)ccc3ccccc23)cc1. The van der Waals surface area contributed by atoms with E-state index in [4.69, 9.17) is 21.1 Å². The maximum atomic E-state index is 12.7. The largest absolute Gasteiger partial charge is 0.494 e. The van der Waals surface area contributed by atoms with Gasteiger partial charge in [-0.1, -0.05) is 41.9 Å². The van der Waals surface area contributed by atoms with Crippen molar-refractivity contribution in [2.24, 2.45) is 5.10 Å². The van der Waals surface area contributed by atoms with Crippen LogP contribution in [-0.2, 0) is 9.59 Å². The van der Waals surface area contributed by atoms with Crippen LogP contribution in [0.3, 0.4) is 0 Å². The fraction of sp³-hybridized carbons (Fsp3) is 0.0714. The molecule has 4 aromatic rings. The zero-order valence-corrected chi connectivity index (χ0v) is 20.5. The van der Waals surface area contributed by atoms with E-state index in [1.807, 2.05) is 31.2 Å². The normalized spacial score (nSPS) is 10.8. The first kappa shape index (κ1) is 25.4. The Morgan fingerprint density at radius 2 is 1.62 bits per heavy atom. The quantitative estimate of drug-likeness (QED) is 0.116. The van der Waals surface area contributed by atoms with E-state index in [1.54, 1.807) is 60.7 Å². The summed E-state index contributed by atoms with van der Waals surface area (Å²) in [6.07, 6.45) is 1.33. The number of rotatable bonds is 7. The second kappa shape index (κ2) is 11.8. The Hall–Kier alpha value is -4.69. The van der Waals surface area contributed by atoms with Crippen LogP contribution in [0, 0.1) is 0 Å². The molecule has 0 aliphatic carbocycles. The van der Waals surface area contributed by atoms with E-state index in [0.717, 1.165) is 10.8 Å². The Labute approximate surface area is 217 Å². The van der Waals surface area contributed by atoms with Gasteiger partial charge in [-0.15, -0.1) is 0 Å². The van der Waals surface area contributed by atoms with E-state index in [-0.39, 0.29) is 5.75 Å². The third kappa shape index (κ3) is 6.50. The summed E-state index contributed by atoms with van der Waals surface area (Å²) in [5.74, 6) is -1.56. The first-order valence-electron chi connectivity index (χ1n) is 11.3. The summed E-state index contributed by atoms with van der Waals surface area (Å²) < 4.78 is 11.0. The molecule has 37 heavy (non-hydrogen) atoms. The van der Waals surface area contributed by atoms with Gasteiger partial charge >= 0.3 is 17.8 Å². The summed E-state index contributed by atoms with van der Waals surface area (Å²) in [7, 11) is 0. The van der Waals surface area contributed by atoms with Gasteiger partial charge in [0.05, 0.1) is 18.4 Å². The lowest BCUT2D eigenvalue weighted by atomic mass is 10.0. The summed E-state index contributed by atoms with van der Waals surface area (Å²) in [6, 6.07) is 23.8. The van der Waals surface area contributed by atoms with Crippen molar-refractivity contribution < 1.29 is 23.9 Å². The fourth-order valence-corrected chi connectivity index (χ4v) is 3.56. The number of amides is 2. The molecule has 0 aliphatic rings. The number of fused-ring (bicyclic) bond motifs is 1. The Morgan fingerprint density at radius 1 is 0.892 bits per heavy atom. The third-order valence-corrected chi connectivity index (χ3v) is 5.45. The average molecular weight is 516 g/mol. The second-order valence-corrected chi connectivity index (χ2v) is 8.14. The minimum Gasteiger partial charge on any atom is -0.494 e. The van der Waals surface area contributed by atoms with Crippen LogP contribution in [0.2, 0.25) is 5.02 Å². The summed E-state index contributed by atoms with van der Waals surface area (Å²) in [5.41, 5.74) is 3.40. The Bertz CT molecular complexity index is 1470. The van der Waals surface area contributed by atoms with Gasteiger partial charge < -0.3 is 14.8 Å². The molecule has 0 atom stereocenters. The molecular formula is C28H22ClN3O5. The predicted molar refractivity (Wildman–Crippen MR) is 142 cm³/mol. The number of hydrogen-bond donors (Lipinski definition) is 2. The monoisotopic (exact) mass is 515 g/mol. The molecule has 0 aliphatic heterocycles. The van der Waals surface area contributed by atoms with Crippen molar-refractivity contribution in [2.45, 2.75) is 6.92 Å². The van der Waals surface area contributed by atoms with Gasteiger partial charge in [0.15, 0.2) is 0 Å². The van der Waals surface area contributed by atoms with Crippen LogP contribution in [0.4, 0.5) is 5.69 Å². The van der Waals surface area contributed by atoms with Gasteiger partial charge in [-0.3, -0.25) is 9.59 Å². The number of esters is 1. The molecule has 0 unspecified atom stereocenters. The molecule has 0 aromatic heterocycles. The Kier molecular flexibility index (Phi) is 8.12. The van der Waals surface area contributed by atoms with Crippen molar-refractivity contribution in [3.8, 4) is 11.5 Å². The minimum absolute atomic E-state index is 0.232. The van der Waals surface area contributed by atoms with Gasteiger partial charge in [-0.25, -0.2) is 10.2 Å². The van der Waals surface area contributed by atoms with Gasteiger partial charge in [0.2, 0.25) is 0 Å². The molecule has 0 bridgehead atoms. The van der Waals surface area contributed by atoms with Crippen LogP contribution in [0.25, 0.3) is 10.8 Å². The van der Waals surface area contributed by atoms with Gasteiger partial charge in [0, 0.05) is 16.3 Å². The third-order valence-electron chi connectivity index (χ3n) is 5.20. The van der Waals surface area contributed by atoms with Crippen LogP contribution in [-0.4, -0.2) is 30.6 Å². The van der Waals surface area contributed by atoms with Gasteiger partial charge in [0.1, 0.15) is 11.5 Å². The van der Waals surface area contributed by atoms with Crippen molar-refractivity contribution in [1.82, 2.24) is 5.43 Å². The van der Waals surface area contributed by atoms with Gasteiger partial charge in [-0.05, 0) is 72.3 Å². The lowest BCUT2D eigenvalue weighted by molar-refractivity contribution is -0.136. The number of hydrazone groups is 1. The van der Waals surface area contributed by atoms with Gasteiger partial charge in [0.25, 0.3) is 0 Å². The summed E-state index contributed by atoms with van der Waals surface area (Å²) in [4.78, 5) is 37.2. The zero-order chi connectivity index (χ0) is 26.2. The number of halogens is 1. The molecule has 0 radical (unpaired) electrons. The van der Waals surface area contributed by atoms with Crippen LogP contribution < -0.4 is 20.2 Å². The molecule has 0 heterocycles. The molecule has 186 valence electrons. The number of carbonyl (C=O) groups is 3. The molecule has 4 rings (SSSR count). The highest BCUT2D eigenvalue weighted by atomic mass is 35.5. The molecule has 2 amide bonds. The number of carbonyl (C=O) groups excluding carboxylic acids is 3. The van der Waals surface area contributed by atoms with E-state index < -0.39 is 17.8 Å². The van der Waals surface area contributed by atoms with Crippen LogP contribution in [0.15, 0.2) is 90.0 Å². The van der Waals surface area contributed by atoms with E-state index in [2.05, 4.69) is 15.8 Å². The smallest absolute Gasteiger partial charge is 0.343 e. The van der Waals surface area contributed by atoms with Crippen molar-refractivity contribution >= 4 is 52.1 Å². The first-order chi connectivity index (χ1) is 17.9. The summed E-state index contributed by atoms with van der Waals surface area (Å²) in [5, 5.41) is 8.53. The van der Waals surface area contributed by atoms with E-state index in [9.17, 15) is 14.4 Å². The second-order valence-electron chi connectivity index (χ2n) is 7.71. The van der Waals surface area contributed by atoms with Gasteiger partial charge in [-0.2, -0.15) is 5.10 Å². The van der Waals surface area contributed by atoms with E-state index in [1.165, 1.54) is 6.21 Å². The summed E-state index contributed by atoms with van der Waals surface area (Å²) in [6.45, 7) is 2.39. The highest BCUT2D eigenvalue weighted by molar-refractivity contribution is 6.39. The molecular weight excluding hydrogens is 494 g/mol. The minimum atomic E-state index is -0.968. The lowest BCUT2D eigenvalue weighted by Gasteiger charge is -2.11. The Morgan fingerprint density at radius 3 is 2.35 bits per heavy atom. The topological polar surface area (TPSA) is 106 Å². The average Bonchev–Trinajstić information content (AvgIpc) is 2.91. The maximum absolute atomic E-state index is 12.7. The molecule has 8 nitrogen and oxygen atoms in total. The molecule has 2 N–H and O–H groups in total. The highest BCUT2D eigenvalue weighted by Crippen LogP contribution is 2.27. The van der Waals surface area contributed by atoms with Crippen molar-refractivity contribution in [1.29, 1.82) is 0 Å². The van der Waals surface area contributed by atoms with E-state index in [0.29, 0.717) is 34.2 Å². The molecule has 0 saturated heterocycles. The summed E-state index contributed by atoms with van der Waals surface area (Å²) >= 11 is 5.90. The molecule has 4 aromatic carbocycles. The van der Waals surface area contributed by atoms with E-state index >= 15 is 0 Å². The lowest BCUT2D eigenvalue weighted by Crippen LogP contribution is -2.32. The maximum Gasteiger partial charge on any atom is 0.343 e. The fourth-order valence-electron chi connectivity index (χ4n) is 3.44. The molecule has 9 heteroatoms. The molecule has 0 spiro atoms. The standard InChI is InChI=1S/C28H22ClN3O5/c1-2-36-22-14-12-21(13-15-22)31-26(33)27(34)32-30-17-24-23-6-4-3-5-18(23)9-16-25(24)37-28(35)19-7-10-20(29)11-8-19/h3-17H,2H2,1H3,(H,31,33)(H,32,34)/b30-17+. The number of benzene rings is 4. The number of nitrogens with one attached hydrogen (secondary N) is 2. The number of ether oxygens (including phenoxy) is 2.